The Labute approximate surface area is 103 Å². The van der Waals surface area contributed by atoms with Crippen molar-refractivity contribution in [3.8, 4) is 6.07 Å². The van der Waals surface area contributed by atoms with Crippen molar-refractivity contribution in [2.24, 2.45) is 10.9 Å². The first-order chi connectivity index (χ1) is 7.93. The minimum Gasteiger partial charge on any atom is -0.465 e. The van der Waals surface area contributed by atoms with Crippen LogP contribution in [0.25, 0.3) is 0 Å². The summed E-state index contributed by atoms with van der Waals surface area (Å²) in [5.41, 5.74) is 4.03. The summed E-state index contributed by atoms with van der Waals surface area (Å²) >= 11 is 1.38. The van der Waals surface area contributed by atoms with Crippen LogP contribution < -0.4 is 11.1 Å². The van der Waals surface area contributed by atoms with Crippen LogP contribution in [0.3, 0.4) is 0 Å². The van der Waals surface area contributed by atoms with Gasteiger partial charge in [0.05, 0.1) is 6.07 Å². The molecule has 0 aliphatic heterocycles. The van der Waals surface area contributed by atoms with Gasteiger partial charge in [0.2, 0.25) is 0 Å². The van der Waals surface area contributed by atoms with E-state index in [0.717, 1.165) is 0 Å². The molecule has 0 saturated carbocycles. The molecule has 0 aromatic heterocycles. The third-order valence-corrected chi connectivity index (χ3v) is 1.89. The van der Waals surface area contributed by atoms with Crippen molar-refractivity contribution in [1.29, 1.82) is 5.26 Å². The summed E-state index contributed by atoms with van der Waals surface area (Å²) in [6.07, 6.45) is -1.47. The fourth-order valence-electron chi connectivity index (χ4n) is 0.422. The second-order valence-electron chi connectivity index (χ2n) is 2.33. The monoisotopic (exact) mass is 262 g/mol. The molecule has 2 amide bonds. The molecule has 4 N–H and O–H groups in total. The quantitative estimate of drug-likeness (QED) is 0.227. The van der Waals surface area contributed by atoms with Crippen LogP contribution in [0, 0.1) is 11.3 Å². The van der Waals surface area contributed by atoms with Crippen molar-refractivity contribution in [1.82, 2.24) is 5.32 Å². The second kappa shape index (κ2) is 12.1. The van der Waals surface area contributed by atoms with Gasteiger partial charge in [0.25, 0.3) is 0 Å². The zero-order valence-corrected chi connectivity index (χ0v) is 10.3. The smallest absolute Gasteiger partial charge is 0.433 e. The Morgan fingerprint density at radius 3 is 2.59 bits per heavy atom. The molecule has 0 radical (unpaired) electrons. The summed E-state index contributed by atoms with van der Waals surface area (Å²) in [7, 11) is 1.45. The van der Waals surface area contributed by atoms with E-state index in [4.69, 9.17) is 15.2 Å². The average molecular weight is 262 g/mol. The molecule has 0 rings (SSSR count). The highest BCUT2D eigenvalue weighted by atomic mass is 32.2. The summed E-state index contributed by atoms with van der Waals surface area (Å²) in [6, 6.07) is 2.00. The molecule has 0 saturated heterocycles. The Morgan fingerprint density at radius 2 is 2.18 bits per heavy atom. The normalized spacial score (nSPS) is 9.35. The standard InChI is InChI=1S/C7H11N3O2S.CH3NO2/c1-6(13-5-3-4-8)10-12-7(11)9-2;2-1(3)4/h3,5H2,1-2H3,(H,9,11);2H2,(H,3,4)/b10-6-;. The molecular formula is C8H14N4O4S. The Balaban J connectivity index is 0. The maximum absolute atomic E-state index is 10.5. The Hall–Kier alpha value is -1.95. The molecule has 17 heavy (non-hydrogen) atoms. The van der Waals surface area contributed by atoms with Gasteiger partial charge in [-0.1, -0.05) is 5.16 Å². The number of nitrogens with zero attached hydrogens (tertiary/aromatic N) is 2. The highest BCUT2D eigenvalue weighted by Gasteiger charge is 1.97. The number of oxime groups is 1. The van der Waals surface area contributed by atoms with Crippen LogP contribution in [0.1, 0.15) is 13.3 Å². The molecule has 0 aliphatic rings. The molecule has 8 nitrogen and oxygen atoms in total. The zero-order chi connectivity index (χ0) is 13.7. The molecule has 0 aliphatic carbocycles. The Kier molecular flexibility index (Phi) is 12.4. The Morgan fingerprint density at radius 1 is 1.65 bits per heavy atom. The van der Waals surface area contributed by atoms with Crippen molar-refractivity contribution in [3.63, 3.8) is 0 Å². The van der Waals surface area contributed by atoms with Crippen LogP contribution in [0.2, 0.25) is 0 Å². The first kappa shape index (κ1) is 17.4. The highest BCUT2D eigenvalue weighted by molar-refractivity contribution is 8.13. The lowest BCUT2D eigenvalue weighted by atomic mass is 10.6. The number of hydrogen-bond acceptors (Lipinski definition) is 6. The van der Waals surface area contributed by atoms with E-state index < -0.39 is 12.2 Å². The summed E-state index contributed by atoms with van der Waals surface area (Å²) in [6.45, 7) is 1.71. The van der Waals surface area contributed by atoms with Crippen LogP contribution in [0.4, 0.5) is 9.59 Å². The zero-order valence-electron chi connectivity index (χ0n) is 9.47. The van der Waals surface area contributed by atoms with E-state index in [1.165, 1.54) is 18.8 Å². The summed E-state index contributed by atoms with van der Waals surface area (Å²) in [5, 5.41) is 21.8. The molecule has 0 aromatic rings. The van der Waals surface area contributed by atoms with Crippen LogP contribution >= 0.6 is 11.8 Å². The first-order valence-corrected chi connectivity index (χ1v) is 5.34. The number of rotatable bonds is 3. The van der Waals surface area contributed by atoms with Crippen LogP contribution in [-0.2, 0) is 4.84 Å². The molecule has 0 heterocycles. The predicted octanol–water partition coefficient (Wildman–Crippen LogP) is 0.946. The molecule has 9 heteroatoms. The number of thioether (sulfide) groups is 1. The van der Waals surface area contributed by atoms with Gasteiger partial charge in [-0.3, -0.25) is 4.84 Å². The van der Waals surface area contributed by atoms with Gasteiger partial charge in [-0.25, -0.2) is 9.59 Å². The third kappa shape index (κ3) is 20.2. The molecule has 0 aromatic carbocycles. The van der Waals surface area contributed by atoms with Gasteiger partial charge in [-0.05, 0) is 6.92 Å². The van der Waals surface area contributed by atoms with Crippen LogP contribution in [0.15, 0.2) is 5.16 Å². The molecule has 0 unspecified atom stereocenters. The van der Waals surface area contributed by atoms with E-state index in [1.54, 1.807) is 6.92 Å². The number of carbonyl (C=O) groups is 2. The number of nitrogens with two attached hydrogens (primary N) is 1. The van der Waals surface area contributed by atoms with E-state index in [0.29, 0.717) is 17.2 Å². The number of nitriles is 1. The Bertz CT molecular complexity index is 309. The number of hydrogen-bond donors (Lipinski definition) is 3. The van der Waals surface area contributed by atoms with E-state index >= 15 is 0 Å². The van der Waals surface area contributed by atoms with E-state index in [9.17, 15) is 4.79 Å². The van der Waals surface area contributed by atoms with E-state index in [1.807, 2.05) is 6.07 Å². The van der Waals surface area contributed by atoms with Gasteiger partial charge in [-0.15, -0.1) is 11.8 Å². The van der Waals surface area contributed by atoms with Crippen LogP contribution in [-0.4, -0.2) is 35.1 Å². The molecule has 0 fully saturated rings. The minimum absolute atomic E-state index is 0.456. The van der Waals surface area contributed by atoms with E-state index in [2.05, 4.69) is 21.0 Å². The lowest BCUT2D eigenvalue weighted by Gasteiger charge is -1.97. The lowest BCUT2D eigenvalue weighted by molar-refractivity contribution is 0.153. The SMILES string of the molecule is CNC(=O)O/N=C(/C)SCCC#N.NC(=O)O. The number of carbonyl (C=O) groups excluding carboxylic acids is 1. The maximum atomic E-state index is 10.5. The number of primary amides is 1. The molecule has 96 valence electrons. The second-order valence-corrected chi connectivity index (χ2v) is 3.62. The largest absolute Gasteiger partial charge is 0.465 e. The molecule has 0 spiro atoms. The highest BCUT2D eigenvalue weighted by Crippen LogP contribution is 2.05. The van der Waals surface area contributed by atoms with Gasteiger partial charge in [0.15, 0.2) is 0 Å². The number of nitrogens with one attached hydrogen (secondary N) is 1. The van der Waals surface area contributed by atoms with Gasteiger partial charge in [-0.2, -0.15) is 5.26 Å². The fraction of sp³-hybridized carbons (Fsp3) is 0.500. The predicted molar refractivity (Wildman–Crippen MR) is 63.5 cm³/mol. The molecule has 0 bridgehead atoms. The fourth-order valence-corrected chi connectivity index (χ4v) is 1.00. The van der Waals surface area contributed by atoms with Crippen molar-refractivity contribution in [2.75, 3.05) is 12.8 Å². The van der Waals surface area contributed by atoms with Crippen molar-refractivity contribution >= 4 is 29.0 Å². The average Bonchev–Trinajstić information content (AvgIpc) is 2.25. The molecule has 0 atom stereocenters. The van der Waals surface area contributed by atoms with Crippen molar-refractivity contribution in [3.05, 3.63) is 0 Å². The van der Waals surface area contributed by atoms with Gasteiger partial charge < -0.3 is 16.2 Å². The molecular weight excluding hydrogens is 248 g/mol. The summed E-state index contributed by atoms with van der Waals surface area (Å²) in [5.74, 6) is 0.656. The minimum atomic E-state index is -1.33. The summed E-state index contributed by atoms with van der Waals surface area (Å²) in [4.78, 5) is 23.7. The topological polar surface area (TPSA) is 138 Å². The van der Waals surface area contributed by atoms with Gasteiger partial charge in [0.1, 0.15) is 5.04 Å². The number of carboxylic acid groups (broad SMARTS) is 1. The summed E-state index contributed by atoms with van der Waals surface area (Å²) < 4.78 is 0. The maximum Gasteiger partial charge on any atom is 0.433 e. The lowest BCUT2D eigenvalue weighted by Crippen LogP contribution is -2.17. The third-order valence-electron chi connectivity index (χ3n) is 0.986. The van der Waals surface area contributed by atoms with Crippen molar-refractivity contribution in [2.45, 2.75) is 13.3 Å². The van der Waals surface area contributed by atoms with Gasteiger partial charge >= 0.3 is 12.2 Å². The van der Waals surface area contributed by atoms with Crippen LogP contribution in [0.5, 0.6) is 0 Å². The first-order valence-electron chi connectivity index (χ1n) is 4.35. The van der Waals surface area contributed by atoms with Gasteiger partial charge in [0, 0.05) is 19.2 Å². The number of amides is 2. The van der Waals surface area contributed by atoms with Crippen molar-refractivity contribution < 1.29 is 19.5 Å². The van der Waals surface area contributed by atoms with E-state index in [-0.39, 0.29) is 0 Å².